The maximum atomic E-state index is 12.8. The van der Waals surface area contributed by atoms with Gasteiger partial charge in [0.25, 0.3) is 5.91 Å². The molecule has 1 saturated heterocycles. The Kier molecular flexibility index (Phi) is 5.02. The molecule has 0 atom stereocenters. The van der Waals surface area contributed by atoms with Crippen LogP contribution >= 0.6 is 0 Å². The van der Waals surface area contributed by atoms with E-state index in [1.54, 1.807) is 26.4 Å². The molecular weight excluding hydrogens is 320 g/mol. The molecule has 25 heavy (non-hydrogen) atoms. The van der Waals surface area contributed by atoms with E-state index in [2.05, 4.69) is 14.9 Å². The molecule has 7 nitrogen and oxygen atoms in total. The van der Waals surface area contributed by atoms with E-state index in [1.165, 1.54) is 0 Å². The van der Waals surface area contributed by atoms with Crippen LogP contribution in [0.3, 0.4) is 0 Å². The van der Waals surface area contributed by atoms with Crippen molar-refractivity contribution in [2.75, 3.05) is 45.3 Å². The molecule has 1 aliphatic heterocycles. The summed E-state index contributed by atoms with van der Waals surface area (Å²) in [5, 5.41) is 0. The topological polar surface area (TPSA) is 67.8 Å². The van der Waals surface area contributed by atoms with E-state index in [0.29, 0.717) is 49.2 Å². The number of para-hydroxylation sites is 1. The number of rotatable bonds is 4. The number of aromatic nitrogens is 2. The third-order valence-corrected chi connectivity index (χ3v) is 4.24. The van der Waals surface area contributed by atoms with E-state index >= 15 is 0 Å². The van der Waals surface area contributed by atoms with E-state index in [9.17, 15) is 4.79 Å². The normalized spacial score (nSPS) is 14.4. The first kappa shape index (κ1) is 17.0. The number of carbonyl (C=O) groups excluding carboxylic acids is 1. The van der Waals surface area contributed by atoms with Crippen molar-refractivity contribution in [2.24, 2.45) is 0 Å². The molecule has 0 saturated carbocycles. The molecule has 1 aromatic carbocycles. The SMILES string of the molecule is COc1cc(N2CCN(C(=O)c3ccccc3OC)CC2)nc(C)n1. The number of methoxy groups -OCH3 is 2. The van der Waals surface area contributed by atoms with Gasteiger partial charge in [-0.05, 0) is 19.1 Å². The Labute approximate surface area is 147 Å². The Morgan fingerprint density at radius 3 is 2.44 bits per heavy atom. The second-order valence-corrected chi connectivity index (χ2v) is 5.80. The first-order valence-electron chi connectivity index (χ1n) is 8.19. The van der Waals surface area contributed by atoms with E-state index in [-0.39, 0.29) is 5.91 Å². The third-order valence-electron chi connectivity index (χ3n) is 4.24. The summed E-state index contributed by atoms with van der Waals surface area (Å²) < 4.78 is 10.5. The smallest absolute Gasteiger partial charge is 0.257 e. The highest BCUT2D eigenvalue weighted by molar-refractivity contribution is 5.97. The molecule has 2 aromatic rings. The van der Waals surface area contributed by atoms with Crippen molar-refractivity contribution in [3.63, 3.8) is 0 Å². The van der Waals surface area contributed by atoms with Crippen molar-refractivity contribution in [1.29, 1.82) is 0 Å². The molecule has 1 amide bonds. The van der Waals surface area contributed by atoms with Gasteiger partial charge in [-0.3, -0.25) is 4.79 Å². The summed E-state index contributed by atoms with van der Waals surface area (Å²) in [6.07, 6.45) is 0. The van der Waals surface area contributed by atoms with Gasteiger partial charge in [0.2, 0.25) is 5.88 Å². The van der Waals surface area contributed by atoms with Gasteiger partial charge in [0.15, 0.2) is 0 Å². The molecule has 0 bridgehead atoms. The van der Waals surface area contributed by atoms with Crippen LogP contribution in [0.25, 0.3) is 0 Å². The quantitative estimate of drug-likeness (QED) is 0.843. The average molecular weight is 342 g/mol. The van der Waals surface area contributed by atoms with Crippen LogP contribution in [-0.2, 0) is 0 Å². The minimum Gasteiger partial charge on any atom is -0.496 e. The van der Waals surface area contributed by atoms with Gasteiger partial charge in [-0.1, -0.05) is 12.1 Å². The van der Waals surface area contributed by atoms with E-state index in [4.69, 9.17) is 9.47 Å². The lowest BCUT2D eigenvalue weighted by Crippen LogP contribution is -2.49. The van der Waals surface area contributed by atoms with Gasteiger partial charge in [0, 0.05) is 32.2 Å². The predicted molar refractivity (Wildman–Crippen MR) is 94.4 cm³/mol. The van der Waals surface area contributed by atoms with Gasteiger partial charge < -0.3 is 19.3 Å². The standard InChI is InChI=1S/C18H22N4O3/c1-13-19-16(12-17(20-13)25-3)21-8-10-22(11-9-21)18(23)14-6-4-5-7-15(14)24-2/h4-7,12H,8-11H2,1-3H3. The monoisotopic (exact) mass is 342 g/mol. The average Bonchev–Trinajstić information content (AvgIpc) is 2.67. The number of amides is 1. The Morgan fingerprint density at radius 1 is 1.04 bits per heavy atom. The molecule has 3 rings (SSSR count). The molecule has 7 heteroatoms. The Morgan fingerprint density at radius 2 is 1.76 bits per heavy atom. The number of hydrogen-bond acceptors (Lipinski definition) is 6. The third kappa shape index (κ3) is 3.65. The lowest BCUT2D eigenvalue weighted by molar-refractivity contribution is 0.0743. The molecule has 132 valence electrons. The van der Waals surface area contributed by atoms with Crippen molar-refractivity contribution < 1.29 is 14.3 Å². The van der Waals surface area contributed by atoms with E-state index in [0.717, 1.165) is 5.82 Å². The Balaban J connectivity index is 1.69. The van der Waals surface area contributed by atoms with Gasteiger partial charge in [-0.25, -0.2) is 4.98 Å². The van der Waals surface area contributed by atoms with E-state index in [1.807, 2.05) is 30.0 Å². The fourth-order valence-electron chi connectivity index (χ4n) is 2.92. The number of nitrogens with zero attached hydrogens (tertiary/aromatic N) is 4. The zero-order valence-corrected chi connectivity index (χ0v) is 14.7. The lowest BCUT2D eigenvalue weighted by Gasteiger charge is -2.35. The zero-order chi connectivity index (χ0) is 17.8. The van der Waals surface area contributed by atoms with Crippen LogP contribution in [0.4, 0.5) is 5.82 Å². The summed E-state index contributed by atoms with van der Waals surface area (Å²) in [6.45, 7) is 4.51. The summed E-state index contributed by atoms with van der Waals surface area (Å²) in [4.78, 5) is 25.4. The second kappa shape index (κ2) is 7.38. The maximum absolute atomic E-state index is 12.8. The van der Waals surface area contributed by atoms with Crippen LogP contribution in [0, 0.1) is 6.92 Å². The predicted octanol–water partition coefficient (Wildman–Crippen LogP) is 1.76. The highest BCUT2D eigenvalue weighted by Crippen LogP contribution is 2.22. The zero-order valence-electron chi connectivity index (χ0n) is 14.7. The fraction of sp³-hybridized carbons (Fsp3) is 0.389. The molecule has 0 unspecified atom stereocenters. The van der Waals surface area contributed by atoms with Crippen LogP contribution < -0.4 is 14.4 Å². The van der Waals surface area contributed by atoms with Crippen molar-refractivity contribution in [2.45, 2.75) is 6.92 Å². The highest BCUT2D eigenvalue weighted by atomic mass is 16.5. The van der Waals surface area contributed by atoms with Gasteiger partial charge in [-0.2, -0.15) is 4.98 Å². The Hall–Kier alpha value is -2.83. The summed E-state index contributed by atoms with van der Waals surface area (Å²) in [5.74, 6) is 2.64. The van der Waals surface area contributed by atoms with Crippen molar-refractivity contribution in [3.05, 3.63) is 41.7 Å². The highest BCUT2D eigenvalue weighted by Gasteiger charge is 2.25. The van der Waals surface area contributed by atoms with Crippen molar-refractivity contribution in [3.8, 4) is 11.6 Å². The first-order valence-corrected chi connectivity index (χ1v) is 8.19. The molecular formula is C18H22N4O3. The summed E-state index contributed by atoms with van der Waals surface area (Å²) in [7, 11) is 3.17. The number of anilines is 1. The second-order valence-electron chi connectivity index (χ2n) is 5.80. The van der Waals surface area contributed by atoms with Crippen LogP contribution in [0.15, 0.2) is 30.3 Å². The molecule has 2 heterocycles. The molecule has 0 aliphatic carbocycles. The van der Waals surface area contributed by atoms with Gasteiger partial charge >= 0.3 is 0 Å². The minimum atomic E-state index is -0.00597. The largest absolute Gasteiger partial charge is 0.496 e. The van der Waals surface area contributed by atoms with Crippen LogP contribution in [0.2, 0.25) is 0 Å². The number of benzene rings is 1. The molecule has 0 spiro atoms. The number of carbonyl (C=O) groups is 1. The number of aryl methyl sites for hydroxylation is 1. The van der Waals surface area contributed by atoms with E-state index < -0.39 is 0 Å². The van der Waals surface area contributed by atoms with Gasteiger partial charge in [0.05, 0.1) is 19.8 Å². The number of hydrogen-bond donors (Lipinski definition) is 0. The number of ether oxygens (including phenoxy) is 2. The summed E-state index contributed by atoms with van der Waals surface area (Å²) >= 11 is 0. The fourth-order valence-corrected chi connectivity index (χ4v) is 2.92. The minimum absolute atomic E-state index is 0.00597. The number of piperazine rings is 1. The summed E-state index contributed by atoms with van der Waals surface area (Å²) in [5.41, 5.74) is 0.595. The lowest BCUT2D eigenvalue weighted by atomic mass is 10.1. The molecule has 1 aliphatic rings. The summed E-state index contributed by atoms with van der Waals surface area (Å²) in [6, 6.07) is 9.14. The van der Waals surface area contributed by atoms with Gasteiger partial charge in [-0.15, -0.1) is 0 Å². The first-order chi connectivity index (χ1) is 12.1. The van der Waals surface area contributed by atoms with Crippen LogP contribution in [0.1, 0.15) is 16.2 Å². The molecule has 1 fully saturated rings. The molecule has 1 aromatic heterocycles. The Bertz CT molecular complexity index is 758. The maximum Gasteiger partial charge on any atom is 0.257 e. The molecule has 0 N–H and O–H groups in total. The van der Waals surface area contributed by atoms with Crippen LogP contribution in [-0.4, -0.2) is 61.2 Å². The van der Waals surface area contributed by atoms with Gasteiger partial charge in [0.1, 0.15) is 17.4 Å². The molecule has 0 radical (unpaired) electrons. The van der Waals surface area contributed by atoms with Crippen molar-refractivity contribution in [1.82, 2.24) is 14.9 Å². The van der Waals surface area contributed by atoms with Crippen molar-refractivity contribution >= 4 is 11.7 Å². The van der Waals surface area contributed by atoms with Crippen LogP contribution in [0.5, 0.6) is 11.6 Å².